The van der Waals surface area contributed by atoms with Crippen LogP contribution < -0.4 is 5.43 Å². The van der Waals surface area contributed by atoms with Gasteiger partial charge in [-0.05, 0) is 37.5 Å². The first-order valence-electron chi connectivity index (χ1n) is 7.16. The molecule has 22 heavy (non-hydrogen) atoms. The van der Waals surface area contributed by atoms with Crippen LogP contribution in [0.25, 0.3) is 6.08 Å². The zero-order chi connectivity index (χ0) is 15.7. The van der Waals surface area contributed by atoms with E-state index in [1.165, 1.54) is 5.56 Å². The summed E-state index contributed by atoms with van der Waals surface area (Å²) in [6.07, 6.45) is 7.55. The smallest absolute Gasteiger partial charge is 0.273 e. The number of aromatic nitrogens is 3. The van der Waals surface area contributed by atoms with Crippen molar-refractivity contribution in [1.82, 2.24) is 20.4 Å². The second-order valence-electron chi connectivity index (χ2n) is 5.17. The Morgan fingerprint density at radius 3 is 2.73 bits per heavy atom. The highest BCUT2D eigenvalue weighted by molar-refractivity contribution is 6.32. The lowest BCUT2D eigenvalue weighted by Crippen LogP contribution is -2.14. The number of aromatic amines is 1. The molecule has 2 aromatic rings. The first kappa shape index (κ1) is 14.2. The van der Waals surface area contributed by atoms with E-state index in [0.29, 0.717) is 17.0 Å². The topological polar surface area (TPSA) is 83.0 Å². The van der Waals surface area contributed by atoms with Gasteiger partial charge < -0.3 is 4.98 Å². The van der Waals surface area contributed by atoms with Crippen LogP contribution in [0.4, 0.5) is 0 Å². The molecule has 2 aromatic heterocycles. The maximum atomic E-state index is 12.1. The molecule has 1 aliphatic heterocycles. The standard InChI is InChI=1S/C16H17N5O/c1-4-11-9(2)13(19-10(11)3)7-12-15(20-21-16(12)22)14-8-17-5-6-18-14/h5-8,19H,4H2,1-3H3,(H,21,22). The summed E-state index contributed by atoms with van der Waals surface area (Å²) in [6.45, 7) is 6.22. The van der Waals surface area contributed by atoms with Crippen LogP contribution in [0.1, 0.15) is 35.1 Å². The van der Waals surface area contributed by atoms with Gasteiger partial charge in [0, 0.05) is 23.8 Å². The van der Waals surface area contributed by atoms with Gasteiger partial charge in [-0.15, -0.1) is 0 Å². The molecule has 0 unspecified atom stereocenters. The van der Waals surface area contributed by atoms with E-state index in [4.69, 9.17) is 0 Å². The summed E-state index contributed by atoms with van der Waals surface area (Å²) < 4.78 is 0. The van der Waals surface area contributed by atoms with E-state index in [0.717, 1.165) is 23.4 Å². The third-order valence-corrected chi connectivity index (χ3v) is 3.85. The van der Waals surface area contributed by atoms with Crippen molar-refractivity contribution in [2.75, 3.05) is 0 Å². The van der Waals surface area contributed by atoms with Crippen LogP contribution in [-0.4, -0.2) is 26.6 Å². The van der Waals surface area contributed by atoms with E-state index in [1.54, 1.807) is 18.6 Å². The fourth-order valence-electron chi connectivity index (χ4n) is 2.72. The number of carbonyl (C=O) groups excluding carboxylic acids is 1. The number of hydrazone groups is 1. The van der Waals surface area contributed by atoms with Crippen molar-refractivity contribution >= 4 is 17.7 Å². The summed E-state index contributed by atoms with van der Waals surface area (Å²) in [4.78, 5) is 23.7. The summed E-state index contributed by atoms with van der Waals surface area (Å²) in [6, 6.07) is 0. The van der Waals surface area contributed by atoms with E-state index in [-0.39, 0.29) is 5.91 Å². The Kier molecular flexibility index (Phi) is 3.58. The molecule has 1 aliphatic rings. The lowest BCUT2D eigenvalue weighted by molar-refractivity contribution is -0.116. The minimum Gasteiger partial charge on any atom is -0.359 e. The highest BCUT2D eigenvalue weighted by Crippen LogP contribution is 2.22. The van der Waals surface area contributed by atoms with E-state index >= 15 is 0 Å². The van der Waals surface area contributed by atoms with Crippen molar-refractivity contribution in [2.24, 2.45) is 5.10 Å². The second-order valence-corrected chi connectivity index (χ2v) is 5.17. The van der Waals surface area contributed by atoms with Crippen molar-refractivity contribution in [1.29, 1.82) is 0 Å². The Labute approximate surface area is 128 Å². The van der Waals surface area contributed by atoms with Crippen molar-refractivity contribution in [2.45, 2.75) is 27.2 Å². The molecular formula is C16H17N5O. The maximum Gasteiger partial charge on any atom is 0.273 e. The van der Waals surface area contributed by atoms with Gasteiger partial charge in [-0.3, -0.25) is 14.8 Å². The Balaban J connectivity index is 2.06. The Bertz CT molecular complexity index is 786. The van der Waals surface area contributed by atoms with Crippen molar-refractivity contribution in [3.05, 3.63) is 52.4 Å². The predicted octanol–water partition coefficient (Wildman–Crippen LogP) is 1.90. The first-order valence-corrected chi connectivity index (χ1v) is 7.16. The molecule has 0 saturated heterocycles. The van der Waals surface area contributed by atoms with Gasteiger partial charge in [-0.25, -0.2) is 5.43 Å². The number of aryl methyl sites for hydroxylation is 1. The third kappa shape index (κ3) is 2.32. The molecule has 0 bridgehead atoms. The molecule has 3 heterocycles. The van der Waals surface area contributed by atoms with Crippen LogP contribution in [0.15, 0.2) is 29.3 Å². The van der Waals surface area contributed by atoms with Crippen LogP contribution in [0.2, 0.25) is 0 Å². The number of H-pyrrole nitrogens is 1. The molecule has 0 aromatic carbocycles. The highest BCUT2D eigenvalue weighted by atomic mass is 16.2. The van der Waals surface area contributed by atoms with Crippen molar-refractivity contribution < 1.29 is 4.79 Å². The lowest BCUT2D eigenvalue weighted by Gasteiger charge is -2.01. The zero-order valence-corrected chi connectivity index (χ0v) is 12.8. The summed E-state index contributed by atoms with van der Waals surface area (Å²) in [5.41, 5.74) is 8.57. The summed E-state index contributed by atoms with van der Waals surface area (Å²) in [5, 5.41) is 4.08. The van der Waals surface area contributed by atoms with Gasteiger partial charge in [0.25, 0.3) is 5.91 Å². The lowest BCUT2D eigenvalue weighted by atomic mass is 10.0. The average Bonchev–Trinajstić information content (AvgIpc) is 3.01. The molecule has 0 spiro atoms. The number of rotatable bonds is 3. The van der Waals surface area contributed by atoms with E-state index in [9.17, 15) is 4.79 Å². The van der Waals surface area contributed by atoms with E-state index in [2.05, 4.69) is 39.3 Å². The van der Waals surface area contributed by atoms with E-state index in [1.807, 2.05) is 13.0 Å². The number of hydrogen-bond donors (Lipinski definition) is 2. The molecule has 0 aliphatic carbocycles. The van der Waals surface area contributed by atoms with Crippen LogP contribution in [0, 0.1) is 13.8 Å². The Morgan fingerprint density at radius 2 is 2.09 bits per heavy atom. The number of amides is 1. The average molecular weight is 295 g/mol. The molecule has 0 saturated carbocycles. The fourth-order valence-corrected chi connectivity index (χ4v) is 2.72. The molecule has 112 valence electrons. The highest BCUT2D eigenvalue weighted by Gasteiger charge is 2.25. The summed E-state index contributed by atoms with van der Waals surface area (Å²) in [7, 11) is 0. The van der Waals surface area contributed by atoms with Crippen LogP contribution in [0.5, 0.6) is 0 Å². The largest absolute Gasteiger partial charge is 0.359 e. The van der Waals surface area contributed by atoms with Gasteiger partial charge in [0.15, 0.2) is 0 Å². The predicted molar refractivity (Wildman–Crippen MR) is 84.3 cm³/mol. The van der Waals surface area contributed by atoms with Gasteiger partial charge in [0.05, 0.1) is 11.8 Å². The van der Waals surface area contributed by atoms with Crippen molar-refractivity contribution in [3.63, 3.8) is 0 Å². The molecule has 0 fully saturated rings. The van der Waals surface area contributed by atoms with Crippen LogP contribution in [-0.2, 0) is 11.2 Å². The first-order chi connectivity index (χ1) is 10.6. The molecule has 6 nitrogen and oxygen atoms in total. The maximum absolute atomic E-state index is 12.1. The summed E-state index contributed by atoms with van der Waals surface area (Å²) >= 11 is 0. The van der Waals surface area contributed by atoms with Gasteiger partial charge in [0.1, 0.15) is 11.4 Å². The zero-order valence-electron chi connectivity index (χ0n) is 12.8. The quantitative estimate of drug-likeness (QED) is 0.848. The molecule has 0 radical (unpaired) electrons. The van der Waals surface area contributed by atoms with Crippen LogP contribution in [0.3, 0.4) is 0 Å². The minimum atomic E-state index is -0.231. The molecule has 0 atom stereocenters. The van der Waals surface area contributed by atoms with Gasteiger partial charge >= 0.3 is 0 Å². The molecule has 1 amide bonds. The van der Waals surface area contributed by atoms with Crippen LogP contribution >= 0.6 is 0 Å². The van der Waals surface area contributed by atoms with Crippen molar-refractivity contribution in [3.8, 4) is 0 Å². The minimum absolute atomic E-state index is 0.231. The normalized spacial score (nSPS) is 16.0. The molecule has 2 N–H and O–H groups in total. The number of hydrogen-bond acceptors (Lipinski definition) is 4. The fraction of sp³-hybridized carbons (Fsp3) is 0.250. The molecule has 3 rings (SSSR count). The number of nitrogens with one attached hydrogen (secondary N) is 2. The third-order valence-electron chi connectivity index (χ3n) is 3.85. The molecular weight excluding hydrogens is 278 g/mol. The monoisotopic (exact) mass is 295 g/mol. The summed E-state index contributed by atoms with van der Waals surface area (Å²) in [5.74, 6) is -0.231. The van der Waals surface area contributed by atoms with Gasteiger partial charge in [0.2, 0.25) is 0 Å². The number of nitrogens with zero attached hydrogens (tertiary/aromatic N) is 3. The molecule has 6 heteroatoms. The Morgan fingerprint density at radius 1 is 1.27 bits per heavy atom. The SMILES string of the molecule is CCc1c(C)[nH]c(C=C2C(=O)NN=C2c2cnccn2)c1C. The second kappa shape index (κ2) is 5.55. The van der Waals surface area contributed by atoms with Gasteiger partial charge in [-0.2, -0.15) is 5.10 Å². The Hall–Kier alpha value is -2.76. The number of carbonyl (C=O) groups is 1. The van der Waals surface area contributed by atoms with Gasteiger partial charge in [-0.1, -0.05) is 6.92 Å². The van der Waals surface area contributed by atoms with E-state index < -0.39 is 0 Å².